The lowest BCUT2D eigenvalue weighted by Crippen LogP contribution is -2.37. The van der Waals surface area contributed by atoms with Gasteiger partial charge in [0.1, 0.15) is 0 Å². The third kappa shape index (κ3) is 4.50. The molecule has 2 aromatic rings. The number of rotatable bonds is 6. The molecule has 0 saturated heterocycles. The van der Waals surface area contributed by atoms with Gasteiger partial charge in [-0.2, -0.15) is 0 Å². The molecule has 0 aliphatic rings. The van der Waals surface area contributed by atoms with Gasteiger partial charge in [0.2, 0.25) is 0 Å². The fourth-order valence-corrected chi connectivity index (χ4v) is 2.50. The summed E-state index contributed by atoms with van der Waals surface area (Å²) in [5.74, 6) is 5.64. The Hall–Kier alpha value is -1.06. The van der Waals surface area contributed by atoms with Crippen molar-refractivity contribution in [3.8, 4) is 0 Å². The van der Waals surface area contributed by atoms with Crippen molar-refractivity contribution < 1.29 is 0 Å². The number of hydrogen-bond donors (Lipinski definition) is 2. The topological polar surface area (TPSA) is 38.0 Å². The molecule has 20 heavy (non-hydrogen) atoms. The second-order valence-corrected chi connectivity index (χ2v) is 5.65. The predicted octanol–water partition coefficient (Wildman–Crippen LogP) is 4.00. The molecule has 0 spiro atoms. The zero-order valence-corrected chi connectivity index (χ0v) is 12.7. The molecule has 0 fully saturated rings. The van der Waals surface area contributed by atoms with E-state index in [1.165, 1.54) is 5.56 Å². The third-order valence-corrected chi connectivity index (χ3v) is 4.07. The molecule has 1 atom stereocenters. The van der Waals surface area contributed by atoms with Crippen LogP contribution in [0.1, 0.15) is 17.5 Å². The van der Waals surface area contributed by atoms with Gasteiger partial charge in [0.05, 0.1) is 10.0 Å². The molecular formula is C16H18Cl2N2. The van der Waals surface area contributed by atoms with E-state index in [1.54, 1.807) is 0 Å². The van der Waals surface area contributed by atoms with Crippen molar-refractivity contribution in [2.75, 3.05) is 0 Å². The summed E-state index contributed by atoms with van der Waals surface area (Å²) in [4.78, 5) is 0. The minimum Gasteiger partial charge on any atom is -0.271 e. The van der Waals surface area contributed by atoms with E-state index >= 15 is 0 Å². The number of aryl methyl sites for hydroxylation is 1. The summed E-state index contributed by atoms with van der Waals surface area (Å²) in [6, 6.07) is 16.3. The van der Waals surface area contributed by atoms with E-state index in [0.717, 1.165) is 24.8 Å². The zero-order chi connectivity index (χ0) is 14.4. The Kier molecular flexibility index (Phi) is 5.86. The second-order valence-electron chi connectivity index (χ2n) is 4.84. The van der Waals surface area contributed by atoms with Crippen LogP contribution in [-0.2, 0) is 12.8 Å². The van der Waals surface area contributed by atoms with Crippen LogP contribution in [0, 0.1) is 0 Å². The molecule has 2 aromatic carbocycles. The zero-order valence-electron chi connectivity index (χ0n) is 11.2. The molecule has 2 rings (SSSR count). The fraction of sp³-hybridized carbons (Fsp3) is 0.250. The monoisotopic (exact) mass is 308 g/mol. The lowest BCUT2D eigenvalue weighted by atomic mass is 9.99. The van der Waals surface area contributed by atoms with E-state index in [4.69, 9.17) is 29.0 Å². The smallest absolute Gasteiger partial charge is 0.0595 e. The number of halogens is 2. The van der Waals surface area contributed by atoms with Gasteiger partial charge in [0, 0.05) is 6.04 Å². The van der Waals surface area contributed by atoms with Crippen molar-refractivity contribution in [1.29, 1.82) is 0 Å². The van der Waals surface area contributed by atoms with Gasteiger partial charge in [-0.25, -0.2) is 0 Å². The predicted molar refractivity (Wildman–Crippen MR) is 86.0 cm³/mol. The summed E-state index contributed by atoms with van der Waals surface area (Å²) >= 11 is 11.9. The van der Waals surface area contributed by atoms with Gasteiger partial charge < -0.3 is 0 Å². The lowest BCUT2D eigenvalue weighted by molar-refractivity contribution is 0.491. The fourth-order valence-electron chi connectivity index (χ4n) is 2.18. The Balaban J connectivity index is 1.93. The van der Waals surface area contributed by atoms with Crippen LogP contribution in [0.5, 0.6) is 0 Å². The molecule has 0 aliphatic heterocycles. The first kappa shape index (κ1) is 15.3. The summed E-state index contributed by atoms with van der Waals surface area (Å²) in [6.45, 7) is 0. The normalized spacial score (nSPS) is 12.3. The Bertz CT molecular complexity index is 543. The highest BCUT2D eigenvalue weighted by Crippen LogP contribution is 2.23. The van der Waals surface area contributed by atoms with Gasteiger partial charge in [-0.05, 0) is 42.5 Å². The van der Waals surface area contributed by atoms with Gasteiger partial charge in [-0.1, -0.05) is 59.6 Å². The summed E-state index contributed by atoms with van der Waals surface area (Å²) in [6.07, 6.45) is 2.80. The Morgan fingerprint density at radius 2 is 1.70 bits per heavy atom. The Morgan fingerprint density at radius 3 is 2.35 bits per heavy atom. The van der Waals surface area contributed by atoms with Crippen LogP contribution < -0.4 is 11.3 Å². The highest BCUT2D eigenvalue weighted by molar-refractivity contribution is 6.42. The van der Waals surface area contributed by atoms with Crippen LogP contribution in [0.3, 0.4) is 0 Å². The van der Waals surface area contributed by atoms with Crippen LogP contribution in [0.15, 0.2) is 48.5 Å². The lowest BCUT2D eigenvalue weighted by Gasteiger charge is -2.16. The summed E-state index contributed by atoms with van der Waals surface area (Å²) in [7, 11) is 0. The molecule has 2 nitrogen and oxygen atoms in total. The maximum atomic E-state index is 6.03. The van der Waals surface area contributed by atoms with E-state index in [2.05, 4.69) is 29.7 Å². The molecule has 0 amide bonds. The standard InChI is InChI=1S/C16H18Cl2N2/c17-15-9-7-13(11-16(15)18)10-14(20-19)8-6-12-4-2-1-3-5-12/h1-5,7,9,11,14,20H,6,8,10,19H2. The number of hydrazine groups is 1. The van der Waals surface area contributed by atoms with E-state index in [9.17, 15) is 0 Å². The van der Waals surface area contributed by atoms with E-state index in [-0.39, 0.29) is 6.04 Å². The van der Waals surface area contributed by atoms with Gasteiger partial charge in [-0.15, -0.1) is 0 Å². The number of benzene rings is 2. The first-order chi connectivity index (χ1) is 9.69. The number of nitrogens with two attached hydrogens (primary N) is 1. The summed E-state index contributed by atoms with van der Waals surface area (Å²) in [5, 5.41) is 1.17. The van der Waals surface area contributed by atoms with E-state index in [0.29, 0.717) is 10.0 Å². The van der Waals surface area contributed by atoms with E-state index < -0.39 is 0 Å². The molecular weight excluding hydrogens is 291 g/mol. The number of hydrogen-bond acceptors (Lipinski definition) is 2. The first-order valence-corrected chi connectivity index (χ1v) is 7.38. The number of nitrogens with one attached hydrogen (secondary N) is 1. The van der Waals surface area contributed by atoms with Crippen molar-refractivity contribution in [3.05, 3.63) is 69.7 Å². The first-order valence-electron chi connectivity index (χ1n) is 6.63. The van der Waals surface area contributed by atoms with Crippen LogP contribution in [0.4, 0.5) is 0 Å². The molecule has 0 bridgehead atoms. The van der Waals surface area contributed by atoms with Crippen molar-refractivity contribution in [2.24, 2.45) is 5.84 Å². The van der Waals surface area contributed by atoms with Crippen molar-refractivity contribution in [1.82, 2.24) is 5.43 Å². The molecule has 0 aromatic heterocycles. The molecule has 0 radical (unpaired) electrons. The molecule has 3 N–H and O–H groups in total. The second kappa shape index (κ2) is 7.65. The minimum absolute atomic E-state index is 0.215. The van der Waals surface area contributed by atoms with Gasteiger partial charge >= 0.3 is 0 Å². The van der Waals surface area contributed by atoms with Crippen LogP contribution in [0.2, 0.25) is 10.0 Å². The maximum Gasteiger partial charge on any atom is 0.0595 e. The largest absolute Gasteiger partial charge is 0.271 e. The van der Waals surface area contributed by atoms with Gasteiger partial charge in [0.15, 0.2) is 0 Å². The molecule has 4 heteroatoms. The molecule has 0 heterocycles. The molecule has 1 unspecified atom stereocenters. The van der Waals surface area contributed by atoms with Crippen LogP contribution >= 0.6 is 23.2 Å². The van der Waals surface area contributed by atoms with Gasteiger partial charge in [-0.3, -0.25) is 11.3 Å². The minimum atomic E-state index is 0.215. The summed E-state index contributed by atoms with van der Waals surface area (Å²) in [5.41, 5.74) is 5.33. The van der Waals surface area contributed by atoms with Crippen LogP contribution in [0.25, 0.3) is 0 Å². The highest BCUT2D eigenvalue weighted by atomic mass is 35.5. The quantitative estimate of drug-likeness (QED) is 0.625. The van der Waals surface area contributed by atoms with E-state index in [1.807, 2.05) is 24.3 Å². The average Bonchev–Trinajstić information content (AvgIpc) is 2.48. The van der Waals surface area contributed by atoms with Crippen molar-refractivity contribution >= 4 is 23.2 Å². The Labute approximate surface area is 129 Å². The molecule has 0 aliphatic carbocycles. The average molecular weight is 309 g/mol. The maximum absolute atomic E-state index is 6.03. The summed E-state index contributed by atoms with van der Waals surface area (Å²) < 4.78 is 0. The van der Waals surface area contributed by atoms with Gasteiger partial charge in [0.25, 0.3) is 0 Å². The van der Waals surface area contributed by atoms with Crippen molar-refractivity contribution in [2.45, 2.75) is 25.3 Å². The highest BCUT2D eigenvalue weighted by Gasteiger charge is 2.09. The van der Waals surface area contributed by atoms with Crippen LogP contribution in [-0.4, -0.2) is 6.04 Å². The molecule has 0 saturated carbocycles. The SMILES string of the molecule is NNC(CCc1ccccc1)Cc1ccc(Cl)c(Cl)c1. The molecule has 106 valence electrons. The Morgan fingerprint density at radius 1 is 0.950 bits per heavy atom. The van der Waals surface area contributed by atoms with Crippen molar-refractivity contribution in [3.63, 3.8) is 0 Å². The third-order valence-electron chi connectivity index (χ3n) is 3.33.